The zero-order valence-corrected chi connectivity index (χ0v) is 37.7. The topological polar surface area (TPSA) is 3.24 Å². The molecular formula is C49H62ClGeNSi. The first-order chi connectivity index (χ1) is 25.6. The van der Waals surface area contributed by atoms with Crippen LogP contribution in [0.15, 0.2) is 133 Å². The van der Waals surface area contributed by atoms with Crippen LogP contribution < -0.4 is 3.52 Å². The summed E-state index contributed by atoms with van der Waals surface area (Å²) in [5, 5.41) is 0. The number of hydrogen-bond donors (Lipinski definition) is 0. The summed E-state index contributed by atoms with van der Waals surface area (Å²) < 4.78 is 3.81. The summed E-state index contributed by atoms with van der Waals surface area (Å²) in [5.74, 6) is 0.486. The second-order valence-corrected chi connectivity index (χ2v) is 30.6. The monoisotopic (exact) mass is 801 g/mol. The molecule has 0 saturated heterocycles. The van der Waals surface area contributed by atoms with Gasteiger partial charge in [-0.3, -0.25) is 0 Å². The molecule has 1 atom stereocenters. The number of hydrogen-bond acceptors (Lipinski definition) is 1. The third kappa shape index (κ3) is 8.03. The van der Waals surface area contributed by atoms with E-state index in [1.54, 1.807) is 0 Å². The van der Waals surface area contributed by atoms with Gasteiger partial charge in [0.1, 0.15) is 0 Å². The third-order valence-electron chi connectivity index (χ3n) is 12.5. The maximum atomic E-state index is 8.49. The Morgan fingerprint density at radius 3 is 1.11 bits per heavy atom. The van der Waals surface area contributed by atoms with E-state index in [0.29, 0.717) is 27.3 Å². The molecule has 0 amide bonds. The van der Waals surface area contributed by atoms with E-state index < -0.39 is 21.9 Å². The molecule has 0 unspecified atom stereocenters. The number of rotatable bonds is 14. The van der Waals surface area contributed by atoms with Gasteiger partial charge in [-0.1, -0.05) is 0 Å². The Balaban J connectivity index is 1.86. The Morgan fingerprint density at radius 2 is 0.830 bits per heavy atom. The minimum absolute atomic E-state index is 0.0626. The fourth-order valence-corrected chi connectivity index (χ4v) is 35.0. The zero-order chi connectivity index (χ0) is 37.7. The summed E-state index contributed by atoms with van der Waals surface area (Å²) in [6, 6.07) is 50.5. The van der Waals surface area contributed by atoms with E-state index in [0.717, 1.165) is 0 Å². The number of halogens is 1. The first-order valence-corrected chi connectivity index (χ1v) is 28.2. The van der Waals surface area contributed by atoms with E-state index in [2.05, 4.69) is 192 Å². The summed E-state index contributed by atoms with van der Waals surface area (Å²) in [6.07, 6.45) is 5.18. The van der Waals surface area contributed by atoms with Crippen molar-refractivity contribution in [3.05, 3.63) is 172 Å². The fraction of sp³-hybridized carbons (Fsp3) is 0.388. The number of nitrogens with zero attached hydrogens (tertiary/aromatic N) is 1. The molecule has 1 aliphatic rings. The molecule has 1 fully saturated rings. The summed E-state index contributed by atoms with van der Waals surface area (Å²) in [6.45, 7) is 20.0. The Bertz CT molecular complexity index is 1670. The van der Waals surface area contributed by atoms with E-state index in [9.17, 15) is 0 Å². The van der Waals surface area contributed by atoms with Crippen LogP contribution in [0.5, 0.6) is 0 Å². The second kappa shape index (κ2) is 17.6. The van der Waals surface area contributed by atoms with Crippen molar-refractivity contribution in [2.75, 3.05) is 3.52 Å². The van der Waals surface area contributed by atoms with Gasteiger partial charge in [0.05, 0.1) is 0 Å². The molecule has 0 bridgehead atoms. The van der Waals surface area contributed by atoms with Crippen LogP contribution in [0.25, 0.3) is 0 Å². The van der Waals surface area contributed by atoms with Crippen LogP contribution in [0.3, 0.4) is 0 Å². The standard InChI is InChI=1S/C49H62ClGeNSi/c1-35(2)43-33-45(47(39-23-13-9-14-24-39)40-25-15-10-16-26-40)49(46(34-43)48(41-27-17-11-18-28-41)42-29-19-12-20-30-42)52(51(50)44-31-21-22-32-44)53(36(3)4,37(5)6)38(7)8/h9-20,23-30,33-38,44,47-48,51H,21-22,31-32H2,1-8H3/t51-/m0/s1. The molecular weight excluding hydrogens is 739 g/mol. The summed E-state index contributed by atoms with van der Waals surface area (Å²) in [5.41, 5.74) is 12.7. The Kier molecular flexibility index (Phi) is 13.2. The van der Waals surface area contributed by atoms with E-state index in [-0.39, 0.29) is 11.8 Å². The van der Waals surface area contributed by atoms with Crippen molar-refractivity contribution in [3.8, 4) is 0 Å². The molecule has 5 aromatic carbocycles. The zero-order valence-electron chi connectivity index (χ0n) is 33.5. The van der Waals surface area contributed by atoms with Crippen LogP contribution >= 0.6 is 10.0 Å². The van der Waals surface area contributed by atoms with Gasteiger partial charge in [-0.05, 0) is 0 Å². The van der Waals surface area contributed by atoms with Gasteiger partial charge in [0.15, 0.2) is 0 Å². The van der Waals surface area contributed by atoms with Crippen molar-refractivity contribution in [1.82, 2.24) is 0 Å². The van der Waals surface area contributed by atoms with Crippen LogP contribution in [0.2, 0.25) is 21.4 Å². The molecule has 5 aromatic rings. The van der Waals surface area contributed by atoms with Gasteiger partial charge in [-0.2, -0.15) is 0 Å². The van der Waals surface area contributed by atoms with Crippen LogP contribution in [-0.4, -0.2) is 21.9 Å². The van der Waals surface area contributed by atoms with Crippen molar-refractivity contribution >= 4 is 37.6 Å². The molecule has 278 valence electrons. The van der Waals surface area contributed by atoms with Crippen LogP contribution in [0.1, 0.15) is 138 Å². The molecule has 53 heavy (non-hydrogen) atoms. The average molecular weight is 801 g/mol. The quantitative estimate of drug-likeness (QED) is 0.0799. The Hall–Kier alpha value is -3.05. The Morgan fingerprint density at radius 1 is 0.509 bits per heavy atom. The molecule has 4 heteroatoms. The summed E-state index contributed by atoms with van der Waals surface area (Å²) in [7, 11) is 6.15. The van der Waals surface area contributed by atoms with Gasteiger partial charge < -0.3 is 0 Å². The predicted molar refractivity (Wildman–Crippen MR) is 237 cm³/mol. The van der Waals surface area contributed by atoms with E-state index >= 15 is 0 Å². The predicted octanol–water partition coefficient (Wildman–Crippen LogP) is 14.6. The average Bonchev–Trinajstić information content (AvgIpc) is 3.71. The van der Waals surface area contributed by atoms with E-state index in [4.69, 9.17) is 10.0 Å². The second-order valence-electron chi connectivity index (χ2n) is 16.9. The summed E-state index contributed by atoms with van der Waals surface area (Å²) >= 11 is -2.77. The van der Waals surface area contributed by atoms with Crippen LogP contribution in [0, 0.1) is 0 Å². The third-order valence-corrected chi connectivity index (χ3v) is 31.7. The van der Waals surface area contributed by atoms with Crippen LogP contribution in [-0.2, 0) is 0 Å². The number of benzene rings is 5. The molecule has 1 saturated carbocycles. The fourth-order valence-electron chi connectivity index (χ4n) is 10.2. The van der Waals surface area contributed by atoms with Gasteiger partial charge in [-0.25, -0.2) is 0 Å². The van der Waals surface area contributed by atoms with Gasteiger partial charge in [0.2, 0.25) is 0 Å². The molecule has 6 rings (SSSR count). The molecule has 1 aliphatic carbocycles. The van der Waals surface area contributed by atoms with Crippen LogP contribution in [0.4, 0.5) is 5.69 Å². The molecule has 0 heterocycles. The SMILES string of the molecule is CC(C)c1cc(C(c2ccccc2)c2ccccc2)c([N]([Ge@H]([Cl])[CH]2CCCC2)[Si](C(C)C)(C(C)C)C(C)C)c(C(c2ccccc2)c2ccccc2)c1. The molecule has 0 spiro atoms. The van der Waals surface area contributed by atoms with Gasteiger partial charge in [0.25, 0.3) is 0 Å². The van der Waals surface area contributed by atoms with E-state index in [1.807, 2.05) is 0 Å². The molecule has 0 radical (unpaired) electrons. The van der Waals surface area contributed by atoms with Crippen molar-refractivity contribution in [3.63, 3.8) is 0 Å². The van der Waals surface area contributed by atoms with Crippen molar-refractivity contribution in [2.24, 2.45) is 0 Å². The molecule has 0 aromatic heterocycles. The minimum atomic E-state index is -2.77. The summed E-state index contributed by atoms with van der Waals surface area (Å²) in [4.78, 5) is 0. The van der Waals surface area contributed by atoms with Gasteiger partial charge >= 0.3 is 334 Å². The van der Waals surface area contributed by atoms with Crippen molar-refractivity contribution < 1.29 is 0 Å². The normalized spacial score (nSPS) is 14.7. The number of anilines is 1. The van der Waals surface area contributed by atoms with Crippen molar-refractivity contribution in [1.29, 1.82) is 0 Å². The first kappa shape index (κ1) is 39.6. The van der Waals surface area contributed by atoms with E-state index in [1.165, 1.54) is 70.3 Å². The first-order valence-electron chi connectivity index (χ1n) is 20.4. The van der Waals surface area contributed by atoms with Crippen molar-refractivity contribution in [2.45, 2.75) is 120 Å². The van der Waals surface area contributed by atoms with Gasteiger partial charge in [-0.15, -0.1) is 0 Å². The molecule has 1 nitrogen and oxygen atoms in total. The Labute approximate surface area is 331 Å². The van der Waals surface area contributed by atoms with Gasteiger partial charge in [0, 0.05) is 0 Å². The molecule has 0 N–H and O–H groups in total. The maximum absolute atomic E-state index is 8.49. The molecule has 0 aliphatic heterocycles.